The molecule has 1 aromatic heterocycles. The summed E-state index contributed by atoms with van der Waals surface area (Å²) in [6.45, 7) is 2.57. The summed E-state index contributed by atoms with van der Waals surface area (Å²) in [5, 5.41) is 19.2. The number of carboxylic acids is 1. The van der Waals surface area contributed by atoms with Crippen molar-refractivity contribution >= 4 is 17.9 Å². The van der Waals surface area contributed by atoms with Gasteiger partial charge in [0.15, 0.2) is 5.69 Å². The lowest BCUT2D eigenvalue weighted by atomic mass is 10.3. The van der Waals surface area contributed by atoms with E-state index in [0.717, 1.165) is 0 Å². The number of amides is 3. The molecule has 1 aromatic rings. The van der Waals surface area contributed by atoms with Crippen LogP contribution in [0.2, 0.25) is 0 Å². The first-order valence-corrected chi connectivity index (χ1v) is 5.77. The van der Waals surface area contributed by atoms with E-state index in [-0.39, 0.29) is 6.04 Å². The Balaban J connectivity index is 2.81. The molecule has 0 aliphatic rings. The van der Waals surface area contributed by atoms with Gasteiger partial charge in [-0.15, -0.1) is 5.10 Å². The predicted octanol–water partition coefficient (Wildman–Crippen LogP) is 0.148. The van der Waals surface area contributed by atoms with Crippen LogP contribution in [0.5, 0.6) is 0 Å². The molecule has 0 saturated heterocycles. The Hall–Kier alpha value is -2.59. The summed E-state index contributed by atoms with van der Waals surface area (Å²) in [7, 11) is 0. The average Bonchev–Trinajstić information content (AvgIpc) is 2.70. The maximum Gasteiger partial charge on any atom is 0.358 e. The molecule has 0 saturated carbocycles. The topological polar surface area (TPSA) is 126 Å². The Morgan fingerprint density at radius 3 is 2.43 bits per heavy atom. The van der Waals surface area contributed by atoms with E-state index in [1.54, 1.807) is 13.8 Å². The highest BCUT2D eigenvalue weighted by Gasteiger charge is 2.27. The number of rotatable bonds is 5. The first-order chi connectivity index (χ1) is 9.72. The van der Waals surface area contributed by atoms with Gasteiger partial charge >= 0.3 is 12.0 Å². The van der Waals surface area contributed by atoms with E-state index >= 15 is 0 Å². The normalized spacial score (nSPS) is 10.8. The minimum Gasteiger partial charge on any atom is -0.476 e. The van der Waals surface area contributed by atoms with Crippen molar-refractivity contribution in [3.05, 3.63) is 11.4 Å². The van der Waals surface area contributed by atoms with Crippen molar-refractivity contribution in [2.45, 2.75) is 32.9 Å². The molecule has 116 valence electrons. The Kier molecular flexibility index (Phi) is 5.27. The maximum atomic E-state index is 12.8. The van der Waals surface area contributed by atoms with Crippen molar-refractivity contribution in [1.82, 2.24) is 25.6 Å². The lowest BCUT2D eigenvalue weighted by molar-refractivity contribution is -0.120. The largest absolute Gasteiger partial charge is 0.476 e. The zero-order valence-corrected chi connectivity index (χ0v) is 11.1. The highest BCUT2D eigenvalue weighted by Crippen LogP contribution is 2.21. The molecular weight excluding hydrogens is 292 g/mol. The quantitative estimate of drug-likeness (QED) is 0.710. The highest BCUT2D eigenvalue weighted by molar-refractivity contribution is 5.94. The summed E-state index contributed by atoms with van der Waals surface area (Å²) < 4.78 is 26.0. The molecule has 0 aromatic carbocycles. The molecule has 1 rings (SSSR count). The lowest BCUT2D eigenvalue weighted by Gasteiger charge is -2.10. The number of nitrogens with one attached hydrogen (secondary N) is 2. The van der Waals surface area contributed by atoms with Crippen molar-refractivity contribution in [2.75, 3.05) is 0 Å². The van der Waals surface area contributed by atoms with Gasteiger partial charge in [-0.2, -0.15) is 0 Å². The number of aromatic carboxylic acids is 1. The fourth-order valence-corrected chi connectivity index (χ4v) is 1.41. The summed E-state index contributed by atoms with van der Waals surface area (Å²) in [5.41, 5.74) is -1.94. The Morgan fingerprint density at radius 1 is 1.33 bits per heavy atom. The van der Waals surface area contributed by atoms with Gasteiger partial charge in [-0.25, -0.2) is 23.1 Å². The molecule has 21 heavy (non-hydrogen) atoms. The Bertz CT molecular complexity index is 558. The first-order valence-electron chi connectivity index (χ1n) is 5.77. The molecule has 0 unspecified atom stereocenters. The van der Waals surface area contributed by atoms with Gasteiger partial charge in [-0.1, -0.05) is 5.21 Å². The Morgan fingerprint density at radius 2 is 1.95 bits per heavy atom. The number of carbonyl (C=O) groups is 3. The molecule has 0 aliphatic heterocycles. The van der Waals surface area contributed by atoms with Crippen LogP contribution in [0.15, 0.2) is 0 Å². The molecule has 0 radical (unpaired) electrons. The molecule has 3 amide bonds. The van der Waals surface area contributed by atoms with Gasteiger partial charge in [0.1, 0.15) is 12.2 Å². The van der Waals surface area contributed by atoms with Crippen LogP contribution in [0.1, 0.15) is 36.5 Å². The van der Waals surface area contributed by atoms with E-state index in [2.05, 4.69) is 15.6 Å². The number of imide groups is 1. The van der Waals surface area contributed by atoms with Crippen LogP contribution >= 0.6 is 0 Å². The number of nitrogens with zero attached hydrogens (tertiary/aromatic N) is 3. The SMILES string of the molecule is CC(C)NC(=O)NC(=O)Cn1nnc(C(=O)O)c1C(F)F. The molecule has 11 heteroatoms. The third-order valence-electron chi connectivity index (χ3n) is 2.15. The molecule has 0 spiro atoms. The molecule has 3 N–H and O–H groups in total. The van der Waals surface area contributed by atoms with Gasteiger partial charge in [0, 0.05) is 6.04 Å². The van der Waals surface area contributed by atoms with E-state index in [4.69, 9.17) is 5.11 Å². The number of carboxylic acid groups (broad SMARTS) is 1. The van der Waals surface area contributed by atoms with Crippen molar-refractivity contribution in [3.8, 4) is 0 Å². The van der Waals surface area contributed by atoms with Crippen LogP contribution in [0.4, 0.5) is 13.6 Å². The van der Waals surface area contributed by atoms with Gasteiger partial charge in [-0.05, 0) is 13.8 Å². The minimum atomic E-state index is -3.18. The third-order valence-corrected chi connectivity index (χ3v) is 2.15. The van der Waals surface area contributed by atoms with E-state index in [1.807, 2.05) is 5.32 Å². The minimum absolute atomic E-state index is 0.223. The van der Waals surface area contributed by atoms with Crippen LogP contribution in [0, 0.1) is 0 Å². The molecule has 0 fully saturated rings. The molecular formula is C10H13F2N5O4. The van der Waals surface area contributed by atoms with Crippen LogP contribution in [-0.4, -0.2) is 44.0 Å². The number of alkyl halides is 2. The molecule has 0 aliphatic carbocycles. The van der Waals surface area contributed by atoms with Crippen molar-refractivity contribution in [1.29, 1.82) is 0 Å². The number of hydrogen-bond donors (Lipinski definition) is 3. The summed E-state index contributed by atoms with van der Waals surface area (Å²) in [6.07, 6.45) is -3.18. The zero-order valence-electron chi connectivity index (χ0n) is 11.1. The van der Waals surface area contributed by atoms with Gasteiger partial charge in [0.25, 0.3) is 6.43 Å². The zero-order chi connectivity index (χ0) is 16.2. The summed E-state index contributed by atoms with van der Waals surface area (Å²) in [5.74, 6) is -2.62. The van der Waals surface area contributed by atoms with E-state index in [9.17, 15) is 23.2 Å². The Labute approximate surface area is 117 Å². The molecule has 9 nitrogen and oxygen atoms in total. The van der Waals surface area contributed by atoms with Crippen molar-refractivity contribution in [3.63, 3.8) is 0 Å². The molecule has 0 atom stereocenters. The predicted molar refractivity (Wildman–Crippen MR) is 63.7 cm³/mol. The standard InChI is InChI=1S/C10H13F2N5O4/c1-4(2)13-10(21)14-5(18)3-17-7(8(11)12)6(9(19)20)15-16-17/h4,8H,3H2,1-2H3,(H,19,20)(H2,13,14,18,21). The second-order valence-corrected chi connectivity index (χ2v) is 4.26. The van der Waals surface area contributed by atoms with Crippen molar-refractivity contribution in [2.24, 2.45) is 0 Å². The smallest absolute Gasteiger partial charge is 0.358 e. The second-order valence-electron chi connectivity index (χ2n) is 4.26. The monoisotopic (exact) mass is 305 g/mol. The lowest BCUT2D eigenvalue weighted by Crippen LogP contribution is -2.43. The van der Waals surface area contributed by atoms with Crippen LogP contribution in [0.3, 0.4) is 0 Å². The van der Waals surface area contributed by atoms with E-state index < -0.39 is 42.3 Å². The van der Waals surface area contributed by atoms with E-state index in [1.165, 1.54) is 0 Å². The van der Waals surface area contributed by atoms with E-state index in [0.29, 0.717) is 4.68 Å². The summed E-state index contributed by atoms with van der Waals surface area (Å²) >= 11 is 0. The number of carbonyl (C=O) groups excluding carboxylic acids is 2. The average molecular weight is 305 g/mol. The van der Waals surface area contributed by atoms with Crippen LogP contribution < -0.4 is 10.6 Å². The van der Waals surface area contributed by atoms with Crippen LogP contribution in [-0.2, 0) is 11.3 Å². The number of urea groups is 1. The summed E-state index contributed by atoms with van der Waals surface area (Å²) in [4.78, 5) is 33.5. The molecule has 0 bridgehead atoms. The number of halogens is 2. The second kappa shape index (κ2) is 6.72. The fraction of sp³-hybridized carbons (Fsp3) is 0.500. The van der Waals surface area contributed by atoms with Gasteiger partial charge < -0.3 is 10.4 Å². The highest BCUT2D eigenvalue weighted by atomic mass is 19.3. The van der Waals surface area contributed by atoms with Crippen LogP contribution in [0.25, 0.3) is 0 Å². The third kappa shape index (κ3) is 4.47. The van der Waals surface area contributed by atoms with Gasteiger partial charge in [0.2, 0.25) is 5.91 Å². The van der Waals surface area contributed by atoms with Crippen molar-refractivity contribution < 1.29 is 28.3 Å². The number of hydrogen-bond acceptors (Lipinski definition) is 5. The maximum absolute atomic E-state index is 12.8. The molecule has 1 heterocycles. The van der Waals surface area contributed by atoms with Gasteiger partial charge in [-0.3, -0.25) is 10.1 Å². The fourth-order valence-electron chi connectivity index (χ4n) is 1.41. The number of aromatic nitrogens is 3. The first kappa shape index (κ1) is 16.5. The van der Waals surface area contributed by atoms with Gasteiger partial charge in [0.05, 0.1) is 0 Å². The summed E-state index contributed by atoms with van der Waals surface area (Å²) in [6, 6.07) is -1.02.